The Hall–Kier alpha value is -1.80. The van der Waals surface area contributed by atoms with Crippen molar-refractivity contribution < 1.29 is 0 Å². The Labute approximate surface area is 127 Å². The molecular formula is C19H24N2. The lowest BCUT2D eigenvalue weighted by molar-refractivity contribution is 0.454. The lowest BCUT2D eigenvalue weighted by Crippen LogP contribution is -2.46. The Morgan fingerprint density at radius 2 is 1.71 bits per heavy atom. The molecule has 1 aliphatic rings. The minimum atomic E-state index is 0.245. The number of aryl methyl sites for hydroxylation is 1. The number of para-hydroxylation sites is 1. The minimum absolute atomic E-state index is 0.245. The van der Waals surface area contributed by atoms with E-state index in [2.05, 4.69) is 66.4 Å². The third-order valence-electron chi connectivity index (χ3n) is 4.46. The molecule has 2 nitrogen and oxygen atoms in total. The van der Waals surface area contributed by atoms with Crippen LogP contribution in [0.3, 0.4) is 0 Å². The van der Waals surface area contributed by atoms with Crippen molar-refractivity contribution in [3.8, 4) is 0 Å². The number of benzene rings is 2. The van der Waals surface area contributed by atoms with E-state index in [1.807, 2.05) is 0 Å². The van der Waals surface area contributed by atoms with Crippen LogP contribution < -0.4 is 10.6 Å². The summed E-state index contributed by atoms with van der Waals surface area (Å²) in [6, 6.07) is 19.9. The first-order valence-electron chi connectivity index (χ1n) is 7.90. The van der Waals surface area contributed by atoms with E-state index in [4.69, 9.17) is 5.73 Å². The largest absolute Gasteiger partial charge is 0.369 e. The molecule has 0 saturated carbocycles. The fourth-order valence-corrected chi connectivity index (χ4v) is 3.25. The number of hydrogen-bond acceptors (Lipinski definition) is 2. The van der Waals surface area contributed by atoms with Gasteiger partial charge in [-0.1, -0.05) is 49.4 Å². The highest BCUT2D eigenvalue weighted by molar-refractivity contribution is 5.47. The van der Waals surface area contributed by atoms with Gasteiger partial charge in [0.2, 0.25) is 0 Å². The van der Waals surface area contributed by atoms with Gasteiger partial charge in [0, 0.05) is 30.7 Å². The normalized spacial score (nSPS) is 22.3. The number of nitrogens with zero attached hydrogens (tertiary/aromatic N) is 1. The monoisotopic (exact) mass is 280 g/mol. The van der Waals surface area contributed by atoms with Crippen LogP contribution in [0.25, 0.3) is 0 Å². The first-order chi connectivity index (χ1) is 10.3. The topological polar surface area (TPSA) is 29.3 Å². The highest BCUT2D eigenvalue weighted by Gasteiger charge is 2.26. The molecule has 0 aromatic heterocycles. The van der Waals surface area contributed by atoms with Crippen molar-refractivity contribution in [1.82, 2.24) is 0 Å². The number of anilines is 1. The summed E-state index contributed by atoms with van der Waals surface area (Å²) >= 11 is 0. The standard InChI is InChI=1S/C19H24N2/c1-2-15-8-10-16(11-9-15)17-12-18(20)14-21(13-17)19-6-4-3-5-7-19/h3-11,17-18H,2,12-14,20H2,1H3. The number of nitrogens with two attached hydrogens (primary N) is 1. The Balaban J connectivity index is 1.79. The molecule has 0 amide bonds. The van der Waals surface area contributed by atoms with Gasteiger partial charge in [-0.3, -0.25) is 0 Å². The molecule has 2 atom stereocenters. The van der Waals surface area contributed by atoms with Crippen molar-refractivity contribution in [2.45, 2.75) is 31.7 Å². The van der Waals surface area contributed by atoms with Gasteiger partial charge in [-0.25, -0.2) is 0 Å². The van der Waals surface area contributed by atoms with Crippen molar-refractivity contribution >= 4 is 5.69 Å². The maximum Gasteiger partial charge on any atom is 0.0366 e. The van der Waals surface area contributed by atoms with Crippen molar-refractivity contribution in [1.29, 1.82) is 0 Å². The summed E-state index contributed by atoms with van der Waals surface area (Å²) in [6.07, 6.45) is 2.18. The minimum Gasteiger partial charge on any atom is -0.369 e. The van der Waals surface area contributed by atoms with Gasteiger partial charge in [0.25, 0.3) is 0 Å². The highest BCUT2D eigenvalue weighted by Crippen LogP contribution is 2.29. The van der Waals surface area contributed by atoms with E-state index in [1.54, 1.807) is 0 Å². The molecule has 0 aliphatic carbocycles. The molecule has 2 heteroatoms. The SMILES string of the molecule is CCc1ccc(C2CC(N)CN(c3ccccc3)C2)cc1. The summed E-state index contributed by atoms with van der Waals surface area (Å²) in [6.45, 7) is 4.21. The maximum atomic E-state index is 6.30. The first-order valence-corrected chi connectivity index (χ1v) is 7.90. The lowest BCUT2D eigenvalue weighted by Gasteiger charge is -2.38. The zero-order chi connectivity index (χ0) is 14.7. The molecule has 0 spiro atoms. The van der Waals surface area contributed by atoms with Crippen LogP contribution in [0.4, 0.5) is 5.69 Å². The first kappa shape index (κ1) is 14.2. The Kier molecular flexibility index (Phi) is 4.26. The van der Waals surface area contributed by atoms with Crippen LogP contribution in [-0.2, 0) is 6.42 Å². The van der Waals surface area contributed by atoms with Crippen LogP contribution in [0.15, 0.2) is 54.6 Å². The molecule has 2 aromatic carbocycles. The van der Waals surface area contributed by atoms with Gasteiger partial charge < -0.3 is 10.6 Å². The van der Waals surface area contributed by atoms with Gasteiger partial charge in [0.15, 0.2) is 0 Å². The van der Waals surface area contributed by atoms with E-state index in [9.17, 15) is 0 Å². The van der Waals surface area contributed by atoms with Crippen LogP contribution in [-0.4, -0.2) is 19.1 Å². The fraction of sp³-hybridized carbons (Fsp3) is 0.368. The van der Waals surface area contributed by atoms with Gasteiger partial charge in [0.05, 0.1) is 0 Å². The molecule has 0 bridgehead atoms. The third-order valence-corrected chi connectivity index (χ3v) is 4.46. The summed E-state index contributed by atoms with van der Waals surface area (Å²) in [5, 5.41) is 0. The van der Waals surface area contributed by atoms with Crippen molar-refractivity contribution in [2.24, 2.45) is 5.73 Å². The van der Waals surface area contributed by atoms with E-state index in [1.165, 1.54) is 16.8 Å². The molecule has 110 valence electrons. The number of hydrogen-bond donors (Lipinski definition) is 1. The molecule has 1 heterocycles. The zero-order valence-electron chi connectivity index (χ0n) is 12.7. The van der Waals surface area contributed by atoms with Crippen molar-refractivity contribution in [3.05, 3.63) is 65.7 Å². The van der Waals surface area contributed by atoms with E-state index >= 15 is 0 Å². The quantitative estimate of drug-likeness (QED) is 0.931. The molecule has 21 heavy (non-hydrogen) atoms. The molecule has 0 radical (unpaired) electrons. The predicted molar refractivity (Wildman–Crippen MR) is 89.8 cm³/mol. The predicted octanol–water partition coefficient (Wildman–Crippen LogP) is 3.57. The second-order valence-electron chi connectivity index (χ2n) is 6.03. The van der Waals surface area contributed by atoms with Gasteiger partial charge in [-0.05, 0) is 36.1 Å². The van der Waals surface area contributed by atoms with Crippen molar-refractivity contribution in [2.75, 3.05) is 18.0 Å². The molecule has 2 N–H and O–H groups in total. The molecule has 1 aliphatic heterocycles. The summed E-state index contributed by atoms with van der Waals surface area (Å²) in [4.78, 5) is 2.42. The fourth-order valence-electron chi connectivity index (χ4n) is 3.25. The lowest BCUT2D eigenvalue weighted by atomic mass is 9.87. The van der Waals surface area contributed by atoms with Crippen molar-refractivity contribution in [3.63, 3.8) is 0 Å². The van der Waals surface area contributed by atoms with Gasteiger partial charge in [-0.2, -0.15) is 0 Å². The Bertz CT molecular complexity index is 562. The second-order valence-corrected chi connectivity index (χ2v) is 6.03. The Morgan fingerprint density at radius 1 is 1.00 bits per heavy atom. The molecule has 2 unspecified atom stereocenters. The van der Waals surface area contributed by atoms with Crippen LogP contribution >= 0.6 is 0 Å². The summed E-state index contributed by atoms with van der Waals surface area (Å²) < 4.78 is 0. The average molecular weight is 280 g/mol. The average Bonchev–Trinajstić information content (AvgIpc) is 2.55. The Morgan fingerprint density at radius 3 is 2.38 bits per heavy atom. The van der Waals surface area contributed by atoms with Crippen LogP contribution in [0.5, 0.6) is 0 Å². The molecule has 1 fully saturated rings. The maximum absolute atomic E-state index is 6.30. The second kappa shape index (κ2) is 6.31. The molecule has 3 rings (SSSR count). The van der Waals surface area contributed by atoms with E-state index < -0.39 is 0 Å². The van der Waals surface area contributed by atoms with Gasteiger partial charge in [0.1, 0.15) is 0 Å². The molecule has 2 aromatic rings. The molecular weight excluding hydrogens is 256 g/mol. The summed E-state index contributed by atoms with van der Waals surface area (Å²) in [5.41, 5.74) is 10.4. The summed E-state index contributed by atoms with van der Waals surface area (Å²) in [7, 11) is 0. The number of piperidine rings is 1. The van der Waals surface area contributed by atoms with Crippen LogP contribution in [0.1, 0.15) is 30.4 Å². The van der Waals surface area contributed by atoms with E-state index in [-0.39, 0.29) is 6.04 Å². The smallest absolute Gasteiger partial charge is 0.0366 e. The van der Waals surface area contributed by atoms with Crippen LogP contribution in [0, 0.1) is 0 Å². The highest BCUT2D eigenvalue weighted by atomic mass is 15.2. The zero-order valence-corrected chi connectivity index (χ0v) is 12.7. The summed E-state index contributed by atoms with van der Waals surface area (Å²) in [5.74, 6) is 0.528. The van der Waals surface area contributed by atoms with Gasteiger partial charge in [-0.15, -0.1) is 0 Å². The molecule has 1 saturated heterocycles. The third kappa shape index (κ3) is 3.27. The van der Waals surface area contributed by atoms with Crippen LogP contribution in [0.2, 0.25) is 0 Å². The van der Waals surface area contributed by atoms with Gasteiger partial charge >= 0.3 is 0 Å². The van der Waals surface area contributed by atoms with E-state index in [0.29, 0.717) is 5.92 Å². The van der Waals surface area contributed by atoms with E-state index in [0.717, 1.165) is 25.9 Å². The number of rotatable bonds is 3.